The highest BCUT2D eigenvalue weighted by molar-refractivity contribution is 5.78. The average Bonchev–Trinajstić information content (AvgIpc) is 2.46. The number of carbonyl (C=O) groups is 1. The van der Waals surface area contributed by atoms with E-state index in [1.807, 2.05) is 11.9 Å². The van der Waals surface area contributed by atoms with E-state index in [-0.39, 0.29) is 12.0 Å². The van der Waals surface area contributed by atoms with Crippen LogP contribution in [0.25, 0.3) is 0 Å². The molecule has 0 saturated heterocycles. The average molecular weight is 267 g/mol. The van der Waals surface area contributed by atoms with Gasteiger partial charge in [0.2, 0.25) is 5.91 Å². The molecule has 2 fully saturated rings. The summed E-state index contributed by atoms with van der Waals surface area (Å²) in [7, 11) is 1.95. The van der Waals surface area contributed by atoms with Crippen LogP contribution in [0, 0.1) is 11.8 Å². The Labute approximate surface area is 117 Å². The molecule has 0 bridgehead atoms. The van der Waals surface area contributed by atoms with Crippen LogP contribution >= 0.6 is 0 Å². The fourth-order valence-corrected chi connectivity index (χ4v) is 3.60. The lowest BCUT2D eigenvalue weighted by Crippen LogP contribution is -2.36. The Morgan fingerprint density at radius 2 is 1.68 bits per heavy atom. The fourth-order valence-electron chi connectivity index (χ4n) is 3.60. The molecule has 0 heterocycles. The number of hydrogen-bond donors (Lipinski definition) is 1. The fraction of sp³-hybridized carbons (Fsp3) is 0.938. The molecule has 2 rings (SSSR count). The van der Waals surface area contributed by atoms with Gasteiger partial charge in [0.1, 0.15) is 0 Å². The van der Waals surface area contributed by atoms with Crippen molar-refractivity contribution in [1.82, 2.24) is 4.90 Å². The van der Waals surface area contributed by atoms with E-state index in [4.69, 9.17) is 0 Å². The molecule has 110 valence electrons. The molecule has 0 aromatic rings. The zero-order valence-corrected chi connectivity index (χ0v) is 12.3. The van der Waals surface area contributed by atoms with Crippen LogP contribution in [-0.4, -0.2) is 35.6 Å². The van der Waals surface area contributed by atoms with Crippen molar-refractivity contribution in [3.8, 4) is 0 Å². The van der Waals surface area contributed by atoms with Gasteiger partial charge in [-0.1, -0.05) is 32.1 Å². The quantitative estimate of drug-likeness (QED) is 0.850. The molecule has 2 aliphatic rings. The maximum Gasteiger partial charge on any atom is 0.225 e. The molecular formula is C16H29NO2. The van der Waals surface area contributed by atoms with Gasteiger partial charge in [0.15, 0.2) is 0 Å². The number of amides is 1. The smallest absolute Gasteiger partial charge is 0.225 e. The molecule has 0 radical (unpaired) electrons. The number of rotatable bonds is 4. The van der Waals surface area contributed by atoms with Crippen molar-refractivity contribution in [2.75, 3.05) is 13.6 Å². The second-order valence-corrected chi connectivity index (χ2v) is 6.56. The third-order valence-electron chi connectivity index (χ3n) is 5.02. The Hall–Kier alpha value is -0.570. The Bertz CT molecular complexity index is 278. The molecule has 0 aromatic heterocycles. The first-order valence-electron chi connectivity index (χ1n) is 8.10. The summed E-state index contributed by atoms with van der Waals surface area (Å²) < 4.78 is 0. The molecule has 19 heavy (non-hydrogen) atoms. The number of hydrogen-bond acceptors (Lipinski definition) is 2. The third kappa shape index (κ3) is 4.48. The van der Waals surface area contributed by atoms with Crippen molar-refractivity contribution < 1.29 is 9.90 Å². The molecule has 0 aliphatic heterocycles. The van der Waals surface area contributed by atoms with Gasteiger partial charge in [-0.15, -0.1) is 0 Å². The molecule has 0 aromatic carbocycles. The second-order valence-electron chi connectivity index (χ2n) is 6.56. The highest BCUT2D eigenvalue weighted by Crippen LogP contribution is 2.28. The highest BCUT2D eigenvalue weighted by atomic mass is 16.3. The SMILES string of the molecule is CN(CCC1CCCCC1)C(=O)C1CCC(O)CC1. The highest BCUT2D eigenvalue weighted by Gasteiger charge is 2.27. The van der Waals surface area contributed by atoms with Gasteiger partial charge < -0.3 is 10.0 Å². The summed E-state index contributed by atoms with van der Waals surface area (Å²) in [5, 5.41) is 9.50. The maximum atomic E-state index is 12.3. The van der Waals surface area contributed by atoms with Crippen LogP contribution in [0.2, 0.25) is 0 Å². The van der Waals surface area contributed by atoms with Gasteiger partial charge in [-0.2, -0.15) is 0 Å². The van der Waals surface area contributed by atoms with E-state index in [2.05, 4.69) is 0 Å². The first-order valence-corrected chi connectivity index (χ1v) is 8.10. The van der Waals surface area contributed by atoms with Gasteiger partial charge in [0.25, 0.3) is 0 Å². The van der Waals surface area contributed by atoms with Gasteiger partial charge >= 0.3 is 0 Å². The lowest BCUT2D eigenvalue weighted by molar-refractivity contribution is -0.136. The minimum atomic E-state index is -0.170. The first-order chi connectivity index (χ1) is 9.16. The van der Waals surface area contributed by atoms with Gasteiger partial charge in [-0.3, -0.25) is 4.79 Å². The molecule has 1 N–H and O–H groups in total. The zero-order chi connectivity index (χ0) is 13.7. The summed E-state index contributed by atoms with van der Waals surface area (Å²) in [6.07, 6.45) is 11.2. The summed E-state index contributed by atoms with van der Waals surface area (Å²) in [5.74, 6) is 1.32. The first kappa shape index (κ1) is 14.8. The topological polar surface area (TPSA) is 40.5 Å². The molecular weight excluding hydrogens is 238 g/mol. The van der Waals surface area contributed by atoms with Crippen molar-refractivity contribution >= 4 is 5.91 Å². The maximum absolute atomic E-state index is 12.3. The largest absolute Gasteiger partial charge is 0.393 e. The lowest BCUT2D eigenvalue weighted by Gasteiger charge is -2.30. The van der Waals surface area contributed by atoms with Crippen molar-refractivity contribution in [2.45, 2.75) is 70.3 Å². The molecule has 1 amide bonds. The molecule has 0 atom stereocenters. The molecule has 2 aliphatic carbocycles. The van der Waals surface area contributed by atoms with Crippen molar-refractivity contribution in [1.29, 1.82) is 0 Å². The Morgan fingerprint density at radius 3 is 2.32 bits per heavy atom. The van der Waals surface area contributed by atoms with E-state index in [0.717, 1.165) is 38.1 Å². The third-order valence-corrected chi connectivity index (χ3v) is 5.02. The zero-order valence-electron chi connectivity index (χ0n) is 12.3. The van der Waals surface area contributed by atoms with Gasteiger partial charge in [0, 0.05) is 19.5 Å². The molecule has 3 nitrogen and oxygen atoms in total. The Kier molecular flexibility index (Phi) is 5.68. The summed E-state index contributed by atoms with van der Waals surface area (Å²) in [6.45, 7) is 0.919. The van der Waals surface area contributed by atoms with Crippen molar-refractivity contribution in [3.63, 3.8) is 0 Å². The Morgan fingerprint density at radius 1 is 1.05 bits per heavy atom. The van der Waals surface area contributed by atoms with E-state index in [9.17, 15) is 9.90 Å². The standard InChI is InChI=1S/C16H29NO2/c1-17(12-11-13-5-3-2-4-6-13)16(19)14-7-9-15(18)10-8-14/h13-15,18H,2-12H2,1H3. The summed E-state index contributed by atoms with van der Waals surface area (Å²) in [4.78, 5) is 14.3. The van der Waals surface area contributed by atoms with Gasteiger partial charge in [-0.25, -0.2) is 0 Å². The monoisotopic (exact) mass is 267 g/mol. The number of aliphatic hydroxyl groups excluding tert-OH is 1. The predicted octanol–water partition coefficient (Wildman–Crippen LogP) is 2.97. The summed E-state index contributed by atoms with van der Waals surface area (Å²) >= 11 is 0. The van der Waals surface area contributed by atoms with Crippen LogP contribution in [-0.2, 0) is 4.79 Å². The van der Waals surface area contributed by atoms with Crippen LogP contribution in [0.1, 0.15) is 64.2 Å². The van der Waals surface area contributed by atoms with Crippen LogP contribution < -0.4 is 0 Å². The van der Waals surface area contributed by atoms with E-state index < -0.39 is 0 Å². The molecule has 2 saturated carbocycles. The number of carbonyl (C=O) groups excluding carboxylic acids is 1. The minimum Gasteiger partial charge on any atom is -0.393 e. The van der Waals surface area contributed by atoms with Crippen LogP contribution in [0.15, 0.2) is 0 Å². The number of nitrogens with zero attached hydrogens (tertiary/aromatic N) is 1. The normalized spacial score (nSPS) is 29.2. The van der Waals surface area contributed by atoms with E-state index >= 15 is 0 Å². The van der Waals surface area contributed by atoms with E-state index in [1.165, 1.54) is 38.5 Å². The van der Waals surface area contributed by atoms with Crippen molar-refractivity contribution in [3.05, 3.63) is 0 Å². The van der Waals surface area contributed by atoms with Crippen LogP contribution in [0.4, 0.5) is 0 Å². The lowest BCUT2D eigenvalue weighted by atomic mass is 9.85. The van der Waals surface area contributed by atoms with Crippen molar-refractivity contribution in [2.24, 2.45) is 11.8 Å². The predicted molar refractivity (Wildman–Crippen MR) is 76.8 cm³/mol. The molecule has 3 heteroatoms. The van der Waals surface area contributed by atoms with E-state index in [1.54, 1.807) is 0 Å². The van der Waals surface area contributed by atoms with Crippen LogP contribution in [0.3, 0.4) is 0 Å². The summed E-state index contributed by atoms with van der Waals surface area (Å²) in [6, 6.07) is 0. The van der Waals surface area contributed by atoms with Crippen LogP contribution in [0.5, 0.6) is 0 Å². The van der Waals surface area contributed by atoms with Gasteiger partial charge in [0.05, 0.1) is 6.10 Å². The molecule has 0 spiro atoms. The van der Waals surface area contributed by atoms with Gasteiger partial charge in [-0.05, 0) is 38.0 Å². The summed E-state index contributed by atoms with van der Waals surface area (Å²) in [5.41, 5.74) is 0. The Balaban J connectivity index is 1.69. The number of aliphatic hydroxyl groups is 1. The minimum absolute atomic E-state index is 0.166. The molecule has 0 unspecified atom stereocenters. The second kappa shape index (κ2) is 7.28. The van der Waals surface area contributed by atoms with E-state index in [0.29, 0.717) is 5.91 Å².